The van der Waals surface area contributed by atoms with Gasteiger partial charge in [-0.15, -0.1) is 0 Å². The van der Waals surface area contributed by atoms with Crippen molar-refractivity contribution in [1.82, 2.24) is 14.9 Å². The molecule has 2 heterocycles. The van der Waals surface area contributed by atoms with Gasteiger partial charge in [0.15, 0.2) is 0 Å². The van der Waals surface area contributed by atoms with Gasteiger partial charge in [0.2, 0.25) is 0 Å². The van der Waals surface area contributed by atoms with E-state index < -0.39 is 0 Å². The van der Waals surface area contributed by atoms with Crippen LogP contribution in [0.15, 0.2) is 48.8 Å². The van der Waals surface area contributed by atoms with E-state index in [-0.39, 0.29) is 5.91 Å². The molecule has 0 aliphatic carbocycles. The van der Waals surface area contributed by atoms with Gasteiger partial charge in [0.1, 0.15) is 5.75 Å². The number of fused-ring (bicyclic) bond motifs is 2. The third kappa shape index (κ3) is 2.73. The predicted octanol–water partition coefficient (Wildman–Crippen LogP) is 2.55. The first-order valence-corrected chi connectivity index (χ1v) is 8.10. The smallest absolute Gasteiger partial charge is 0.251 e. The summed E-state index contributed by atoms with van der Waals surface area (Å²) >= 11 is 0. The van der Waals surface area contributed by atoms with Gasteiger partial charge in [0, 0.05) is 25.1 Å². The molecule has 5 heteroatoms. The van der Waals surface area contributed by atoms with Crippen molar-refractivity contribution in [3.05, 3.63) is 59.9 Å². The summed E-state index contributed by atoms with van der Waals surface area (Å²) in [5.41, 5.74) is 3.69. The first-order valence-electron chi connectivity index (χ1n) is 8.10. The standard InChI is InChI=1S/C19H19N3O2/c1-22-12-21-16-9-15(6-7-17(16)22)19(23)20-10-13-8-14-4-2-3-5-18(14)24-11-13/h2-7,9,12-13H,8,10-11H2,1H3,(H,20,23)/t13-/m1/s1. The molecule has 0 bridgehead atoms. The molecule has 0 saturated heterocycles. The van der Waals surface area contributed by atoms with Crippen molar-refractivity contribution in [2.45, 2.75) is 6.42 Å². The lowest BCUT2D eigenvalue weighted by atomic mass is 9.96. The van der Waals surface area contributed by atoms with E-state index in [0.29, 0.717) is 24.6 Å². The van der Waals surface area contributed by atoms with Crippen molar-refractivity contribution in [2.24, 2.45) is 13.0 Å². The Hall–Kier alpha value is -2.82. The molecule has 1 aliphatic rings. The molecule has 3 aromatic rings. The Morgan fingerprint density at radius 3 is 3.12 bits per heavy atom. The van der Waals surface area contributed by atoms with Gasteiger partial charge >= 0.3 is 0 Å². The Kier molecular flexibility index (Phi) is 3.69. The molecule has 0 radical (unpaired) electrons. The van der Waals surface area contributed by atoms with Crippen LogP contribution in [0.5, 0.6) is 5.75 Å². The molecule has 0 unspecified atom stereocenters. The quantitative estimate of drug-likeness (QED) is 0.806. The van der Waals surface area contributed by atoms with E-state index in [1.165, 1.54) is 5.56 Å². The van der Waals surface area contributed by atoms with Gasteiger partial charge in [-0.1, -0.05) is 18.2 Å². The maximum absolute atomic E-state index is 12.4. The first-order chi connectivity index (χ1) is 11.7. The van der Waals surface area contributed by atoms with Crippen molar-refractivity contribution in [2.75, 3.05) is 13.2 Å². The number of rotatable bonds is 3. The number of aryl methyl sites for hydroxylation is 1. The molecule has 1 aliphatic heterocycles. The SMILES string of the molecule is Cn1cnc2cc(C(=O)NC[C@@H]3COc4ccccc4C3)ccc21. The van der Waals surface area contributed by atoms with Crippen LogP contribution in [0, 0.1) is 5.92 Å². The van der Waals surface area contributed by atoms with Gasteiger partial charge in [0.05, 0.1) is 24.0 Å². The summed E-state index contributed by atoms with van der Waals surface area (Å²) in [7, 11) is 1.94. The van der Waals surface area contributed by atoms with E-state index in [9.17, 15) is 4.79 Å². The summed E-state index contributed by atoms with van der Waals surface area (Å²) in [5.74, 6) is 1.18. The van der Waals surface area contributed by atoms with Crippen LogP contribution in [0.2, 0.25) is 0 Å². The highest BCUT2D eigenvalue weighted by atomic mass is 16.5. The van der Waals surface area contributed by atoms with Gasteiger partial charge in [-0.05, 0) is 36.2 Å². The van der Waals surface area contributed by atoms with Crippen molar-refractivity contribution in [1.29, 1.82) is 0 Å². The Morgan fingerprint density at radius 1 is 1.33 bits per heavy atom. The molecule has 1 aromatic heterocycles. The molecule has 2 aromatic carbocycles. The fourth-order valence-electron chi connectivity index (χ4n) is 3.14. The van der Waals surface area contributed by atoms with Crippen LogP contribution in [-0.2, 0) is 13.5 Å². The Bertz CT molecular complexity index is 901. The fourth-order valence-corrected chi connectivity index (χ4v) is 3.14. The average molecular weight is 321 g/mol. The van der Waals surface area contributed by atoms with Crippen LogP contribution in [0.1, 0.15) is 15.9 Å². The number of amides is 1. The van der Waals surface area contributed by atoms with E-state index in [2.05, 4.69) is 16.4 Å². The Balaban J connectivity index is 1.41. The molecule has 1 atom stereocenters. The van der Waals surface area contributed by atoms with Crippen LogP contribution < -0.4 is 10.1 Å². The van der Waals surface area contributed by atoms with Crippen molar-refractivity contribution in [3.63, 3.8) is 0 Å². The fraction of sp³-hybridized carbons (Fsp3) is 0.263. The number of ether oxygens (including phenoxy) is 1. The number of aromatic nitrogens is 2. The second kappa shape index (κ2) is 6.00. The lowest BCUT2D eigenvalue weighted by Crippen LogP contribution is -2.34. The zero-order chi connectivity index (χ0) is 16.5. The number of nitrogens with one attached hydrogen (secondary N) is 1. The van der Waals surface area contributed by atoms with Gasteiger partial charge in [-0.2, -0.15) is 0 Å². The number of imidazole rings is 1. The third-order valence-corrected chi connectivity index (χ3v) is 4.49. The van der Waals surface area contributed by atoms with Crippen LogP contribution in [0.25, 0.3) is 11.0 Å². The first kappa shape index (κ1) is 14.8. The summed E-state index contributed by atoms with van der Waals surface area (Å²) in [6.07, 6.45) is 2.68. The van der Waals surface area contributed by atoms with E-state index in [1.807, 2.05) is 48.0 Å². The molecular weight excluding hydrogens is 302 g/mol. The number of para-hydroxylation sites is 1. The number of benzene rings is 2. The zero-order valence-electron chi connectivity index (χ0n) is 13.5. The third-order valence-electron chi connectivity index (χ3n) is 4.49. The molecule has 5 nitrogen and oxygen atoms in total. The lowest BCUT2D eigenvalue weighted by Gasteiger charge is -2.25. The van der Waals surface area contributed by atoms with Crippen LogP contribution in [0.4, 0.5) is 0 Å². The van der Waals surface area contributed by atoms with Gasteiger partial charge in [0.25, 0.3) is 5.91 Å². The summed E-state index contributed by atoms with van der Waals surface area (Å²) in [6.45, 7) is 1.24. The number of hydrogen-bond acceptors (Lipinski definition) is 3. The molecular formula is C19H19N3O2. The van der Waals surface area contributed by atoms with Crippen LogP contribution in [-0.4, -0.2) is 28.6 Å². The van der Waals surface area contributed by atoms with Crippen LogP contribution in [0.3, 0.4) is 0 Å². The summed E-state index contributed by atoms with van der Waals surface area (Å²) in [5, 5.41) is 3.02. The largest absolute Gasteiger partial charge is 0.493 e. The molecule has 1 N–H and O–H groups in total. The molecule has 4 rings (SSSR count). The maximum atomic E-state index is 12.4. The highest BCUT2D eigenvalue weighted by Crippen LogP contribution is 2.26. The number of carbonyl (C=O) groups is 1. The molecule has 122 valence electrons. The number of carbonyl (C=O) groups excluding carboxylic acids is 1. The monoisotopic (exact) mass is 321 g/mol. The molecule has 1 amide bonds. The Morgan fingerprint density at radius 2 is 2.21 bits per heavy atom. The normalized spacial score (nSPS) is 16.5. The topological polar surface area (TPSA) is 56.2 Å². The van der Waals surface area contributed by atoms with Gasteiger partial charge in [-0.3, -0.25) is 4.79 Å². The van der Waals surface area contributed by atoms with Crippen molar-refractivity contribution >= 4 is 16.9 Å². The molecule has 0 saturated carbocycles. The summed E-state index contributed by atoms with van der Waals surface area (Å²) < 4.78 is 7.71. The van der Waals surface area contributed by atoms with E-state index >= 15 is 0 Å². The van der Waals surface area contributed by atoms with E-state index in [1.54, 1.807) is 6.33 Å². The average Bonchev–Trinajstić information content (AvgIpc) is 3.00. The van der Waals surface area contributed by atoms with E-state index in [4.69, 9.17) is 4.74 Å². The number of nitrogens with zero attached hydrogens (tertiary/aromatic N) is 2. The van der Waals surface area contributed by atoms with E-state index in [0.717, 1.165) is 23.2 Å². The van der Waals surface area contributed by atoms with Crippen LogP contribution >= 0.6 is 0 Å². The second-order valence-corrected chi connectivity index (χ2v) is 6.26. The van der Waals surface area contributed by atoms with Gasteiger partial charge < -0.3 is 14.6 Å². The molecule has 24 heavy (non-hydrogen) atoms. The minimum Gasteiger partial charge on any atom is -0.493 e. The van der Waals surface area contributed by atoms with Crippen molar-refractivity contribution in [3.8, 4) is 5.75 Å². The Labute approximate surface area is 140 Å². The second-order valence-electron chi connectivity index (χ2n) is 6.26. The highest BCUT2D eigenvalue weighted by molar-refractivity contribution is 5.97. The minimum atomic E-state index is -0.0681. The predicted molar refractivity (Wildman–Crippen MR) is 92.2 cm³/mol. The highest BCUT2D eigenvalue weighted by Gasteiger charge is 2.20. The lowest BCUT2D eigenvalue weighted by molar-refractivity contribution is 0.0939. The van der Waals surface area contributed by atoms with Gasteiger partial charge in [-0.25, -0.2) is 4.98 Å². The zero-order valence-corrected chi connectivity index (χ0v) is 13.5. The summed E-state index contributed by atoms with van der Waals surface area (Å²) in [4.78, 5) is 16.7. The maximum Gasteiger partial charge on any atom is 0.251 e. The number of hydrogen-bond donors (Lipinski definition) is 1. The molecule has 0 fully saturated rings. The molecule has 0 spiro atoms. The van der Waals surface area contributed by atoms with Crippen molar-refractivity contribution < 1.29 is 9.53 Å². The summed E-state index contributed by atoms with van der Waals surface area (Å²) in [6, 6.07) is 13.7. The minimum absolute atomic E-state index is 0.0681.